The topological polar surface area (TPSA) is 23.8 Å². The van der Waals surface area contributed by atoms with Crippen LogP contribution in [0.15, 0.2) is 22.0 Å². The lowest BCUT2D eigenvalue weighted by Gasteiger charge is -2.03. The van der Waals surface area contributed by atoms with Crippen molar-refractivity contribution in [3.8, 4) is 6.07 Å². The highest BCUT2D eigenvalue weighted by Gasteiger charge is 2.10. The number of benzene rings is 1. The van der Waals surface area contributed by atoms with Crippen LogP contribution < -0.4 is 0 Å². The Kier molecular flexibility index (Phi) is 2.91. The third kappa shape index (κ3) is 1.50. The molecule has 0 atom stereocenters. The molecule has 14 heavy (non-hydrogen) atoms. The molecule has 0 amide bonds. The van der Waals surface area contributed by atoms with Crippen LogP contribution in [-0.2, 0) is 5.33 Å². The number of rotatable bonds is 1. The minimum absolute atomic E-state index is 0.719. The zero-order valence-electron chi connectivity index (χ0n) is 7.05. The zero-order chi connectivity index (χ0) is 10.1. The second-order valence-electron chi connectivity index (χ2n) is 2.79. The minimum atomic E-state index is 0.719. The highest BCUT2D eigenvalue weighted by molar-refractivity contribution is 9.10. The van der Waals surface area contributed by atoms with E-state index >= 15 is 0 Å². The average molecular weight is 331 g/mol. The summed E-state index contributed by atoms with van der Waals surface area (Å²) in [4.78, 5) is 0. The highest BCUT2D eigenvalue weighted by Crippen LogP contribution is 2.34. The molecule has 0 bridgehead atoms. The van der Waals surface area contributed by atoms with E-state index in [1.165, 1.54) is 4.70 Å². The number of hydrogen-bond acceptors (Lipinski definition) is 2. The maximum atomic E-state index is 8.98. The SMILES string of the molecule is N#Cc1cc(Br)c2sccc2c1CBr. The number of hydrogen-bond donors (Lipinski definition) is 0. The van der Waals surface area contributed by atoms with Gasteiger partial charge in [-0.05, 0) is 44.4 Å². The Bertz CT molecular complexity index is 525. The molecule has 1 aromatic heterocycles. The molecule has 2 aromatic rings. The molecule has 2 rings (SSSR count). The van der Waals surface area contributed by atoms with Crippen molar-refractivity contribution in [2.75, 3.05) is 0 Å². The van der Waals surface area contributed by atoms with Crippen LogP contribution in [-0.4, -0.2) is 0 Å². The van der Waals surface area contributed by atoms with Gasteiger partial charge >= 0.3 is 0 Å². The van der Waals surface area contributed by atoms with Crippen LogP contribution in [0, 0.1) is 11.3 Å². The zero-order valence-corrected chi connectivity index (χ0v) is 11.0. The molecule has 0 fully saturated rings. The average Bonchev–Trinajstić information content (AvgIpc) is 2.66. The van der Waals surface area contributed by atoms with E-state index in [4.69, 9.17) is 5.26 Å². The fourth-order valence-electron chi connectivity index (χ4n) is 1.40. The van der Waals surface area contributed by atoms with E-state index in [9.17, 15) is 0 Å². The van der Waals surface area contributed by atoms with E-state index in [0.29, 0.717) is 0 Å². The Labute approximate surface area is 103 Å². The maximum absolute atomic E-state index is 8.98. The predicted molar refractivity (Wildman–Crippen MR) is 66.9 cm³/mol. The smallest absolute Gasteiger partial charge is 0.0995 e. The largest absolute Gasteiger partial charge is 0.192 e. The summed E-state index contributed by atoms with van der Waals surface area (Å²) < 4.78 is 2.21. The summed E-state index contributed by atoms with van der Waals surface area (Å²) in [7, 11) is 0. The number of nitriles is 1. The molecule has 1 heterocycles. The summed E-state index contributed by atoms with van der Waals surface area (Å²) in [5.74, 6) is 0. The van der Waals surface area contributed by atoms with Crippen LogP contribution >= 0.6 is 43.2 Å². The van der Waals surface area contributed by atoms with Gasteiger partial charge in [0.25, 0.3) is 0 Å². The molecule has 0 N–H and O–H groups in total. The monoisotopic (exact) mass is 329 g/mol. The molecule has 70 valence electrons. The minimum Gasteiger partial charge on any atom is -0.192 e. The molecule has 0 aliphatic rings. The molecule has 0 aliphatic heterocycles. The molecule has 0 spiro atoms. The first-order chi connectivity index (χ1) is 6.77. The molecule has 1 aromatic carbocycles. The quantitative estimate of drug-likeness (QED) is 0.709. The molecule has 0 aliphatic carbocycles. The molecule has 0 unspecified atom stereocenters. The number of nitrogens with zero attached hydrogens (tertiary/aromatic N) is 1. The third-order valence-electron chi connectivity index (χ3n) is 2.06. The predicted octanol–water partition coefficient (Wildman–Crippen LogP) is 4.43. The van der Waals surface area contributed by atoms with Crippen LogP contribution in [0.3, 0.4) is 0 Å². The lowest BCUT2D eigenvalue weighted by atomic mass is 10.1. The summed E-state index contributed by atoms with van der Waals surface area (Å²) >= 11 is 8.58. The van der Waals surface area contributed by atoms with Crippen molar-refractivity contribution in [3.05, 3.63) is 33.1 Å². The van der Waals surface area contributed by atoms with Gasteiger partial charge in [0, 0.05) is 14.5 Å². The van der Waals surface area contributed by atoms with Gasteiger partial charge in [0.15, 0.2) is 0 Å². The van der Waals surface area contributed by atoms with E-state index < -0.39 is 0 Å². The van der Waals surface area contributed by atoms with Crippen molar-refractivity contribution < 1.29 is 0 Å². The highest BCUT2D eigenvalue weighted by atomic mass is 79.9. The second kappa shape index (κ2) is 4.01. The normalized spacial score (nSPS) is 10.4. The third-order valence-corrected chi connectivity index (χ3v) is 4.45. The van der Waals surface area contributed by atoms with Gasteiger partial charge in [-0.3, -0.25) is 0 Å². The van der Waals surface area contributed by atoms with Crippen LogP contribution in [0.4, 0.5) is 0 Å². The van der Waals surface area contributed by atoms with Crippen molar-refractivity contribution in [2.24, 2.45) is 0 Å². The standard InChI is InChI=1S/C10H5Br2NS/c11-4-8-6(5-13)3-9(12)10-7(8)1-2-14-10/h1-3H,4H2. The first-order valence-electron chi connectivity index (χ1n) is 3.92. The number of fused-ring (bicyclic) bond motifs is 1. The van der Waals surface area contributed by atoms with E-state index in [1.54, 1.807) is 11.3 Å². The maximum Gasteiger partial charge on any atom is 0.0995 e. The fraction of sp³-hybridized carbons (Fsp3) is 0.100. The molecule has 1 nitrogen and oxygen atoms in total. The Morgan fingerprint density at radius 1 is 1.50 bits per heavy atom. The van der Waals surface area contributed by atoms with Gasteiger partial charge in [-0.1, -0.05) is 15.9 Å². The first kappa shape index (κ1) is 10.2. The summed E-state index contributed by atoms with van der Waals surface area (Å²) in [6.45, 7) is 0. The van der Waals surface area contributed by atoms with Gasteiger partial charge in [0.1, 0.15) is 0 Å². The molecule has 0 saturated carbocycles. The van der Waals surface area contributed by atoms with Crippen molar-refractivity contribution in [1.82, 2.24) is 0 Å². The molecular weight excluding hydrogens is 326 g/mol. The van der Waals surface area contributed by atoms with E-state index in [0.717, 1.165) is 26.3 Å². The van der Waals surface area contributed by atoms with Gasteiger partial charge < -0.3 is 0 Å². The molecule has 4 heteroatoms. The number of thiophene rings is 1. The lowest BCUT2D eigenvalue weighted by molar-refractivity contribution is 1.41. The Morgan fingerprint density at radius 2 is 2.29 bits per heavy atom. The van der Waals surface area contributed by atoms with Crippen molar-refractivity contribution in [3.63, 3.8) is 0 Å². The Balaban J connectivity index is 2.90. The van der Waals surface area contributed by atoms with Gasteiger partial charge in [-0.25, -0.2) is 0 Å². The van der Waals surface area contributed by atoms with E-state index in [2.05, 4.69) is 44.0 Å². The summed E-state index contributed by atoms with van der Waals surface area (Å²) in [5.41, 5.74) is 1.81. The van der Waals surface area contributed by atoms with Crippen LogP contribution in [0.1, 0.15) is 11.1 Å². The number of halogens is 2. The lowest BCUT2D eigenvalue weighted by Crippen LogP contribution is -1.86. The summed E-state index contributed by atoms with van der Waals surface area (Å²) in [6.07, 6.45) is 0. The second-order valence-corrected chi connectivity index (χ2v) is 5.12. The van der Waals surface area contributed by atoms with Gasteiger partial charge in [-0.15, -0.1) is 11.3 Å². The first-order valence-corrected chi connectivity index (χ1v) is 6.72. The van der Waals surface area contributed by atoms with Crippen molar-refractivity contribution >= 4 is 53.3 Å². The van der Waals surface area contributed by atoms with Crippen LogP contribution in [0.25, 0.3) is 10.1 Å². The van der Waals surface area contributed by atoms with Gasteiger partial charge in [0.2, 0.25) is 0 Å². The van der Waals surface area contributed by atoms with E-state index in [1.807, 2.05) is 11.4 Å². The van der Waals surface area contributed by atoms with E-state index in [-0.39, 0.29) is 0 Å². The van der Waals surface area contributed by atoms with Crippen LogP contribution in [0.5, 0.6) is 0 Å². The van der Waals surface area contributed by atoms with Gasteiger partial charge in [-0.2, -0.15) is 5.26 Å². The summed E-state index contributed by atoms with van der Waals surface area (Å²) in [6, 6.07) is 6.16. The van der Waals surface area contributed by atoms with Crippen molar-refractivity contribution in [2.45, 2.75) is 5.33 Å². The fourth-order valence-corrected chi connectivity index (χ4v) is 3.56. The van der Waals surface area contributed by atoms with Crippen LogP contribution in [0.2, 0.25) is 0 Å². The number of alkyl halides is 1. The van der Waals surface area contributed by atoms with Crippen molar-refractivity contribution in [1.29, 1.82) is 5.26 Å². The Hall–Kier alpha value is -0.370. The molecule has 0 saturated heterocycles. The molecular formula is C10H5Br2NS. The van der Waals surface area contributed by atoms with Gasteiger partial charge in [0.05, 0.1) is 11.6 Å². The molecule has 0 radical (unpaired) electrons. The Morgan fingerprint density at radius 3 is 2.93 bits per heavy atom. The summed E-state index contributed by atoms with van der Waals surface area (Å²) in [5, 5.41) is 12.9.